The van der Waals surface area contributed by atoms with Crippen LogP contribution < -0.4 is 20.3 Å². The van der Waals surface area contributed by atoms with Gasteiger partial charge in [-0.25, -0.2) is 4.39 Å². The number of amides is 2. The van der Waals surface area contributed by atoms with Crippen LogP contribution in [0.4, 0.5) is 10.1 Å². The summed E-state index contributed by atoms with van der Waals surface area (Å²) >= 11 is 0. The van der Waals surface area contributed by atoms with Crippen LogP contribution in [0.3, 0.4) is 0 Å². The van der Waals surface area contributed by atoms with Crippen LogP contribution >= 0.6 is 0 Å². The molecule has 8 nitrogen and oxygen atoms in total. The highest BCUT2D eigenvalue weighted by molar-refractivity contribution is 5.90. The van der Waals surface area contributed by atoms with Crippen LogP contribution in [-0.4, -0.2) is 73.4 Å². The Hall–Kier alpha value is -3.17. The minimum atomic E-state index is -0.718. The molecule has 2 aromatic rings. The van der Waals surface area contributed by atoms with Crippen molar-refractivity contribution in [2.24, 2.45) is 5.92 Å². The lowest BCUT2D eigenvalue weighted by Gasteiger charge is -2.41. The number of hydrogen-bond donors (Lipinski definition) is 3. The Balaban J connectivity index is 1.40. The summed E-state index contributed by atoms with van der Waals surface area (Å²) in [4.78, 5) is 30.0. The van der Waals surface area contributed by atoms with Gasteiger partial charge in [-0.1, -0.05) is 24.3 Å². The zero-order valence-corrected chi connectivity index (χ0v) is 18.3. The number of anilines is 1. The zero-order valence-electron chi connectivity index (χ0n) is 18.3. The number of halogens is 1. The smallest absolute Gasteiger partial charge is 0.240 e. The Morgan fingerprint density at radius 3 is 2.55 bits per heavy atom. The number of rotatable bonds is 6. The zero-order chi connectivity index (χ0) is 23.2. The lowest BCUT2D eigenvalue weighted by atomic mass is 9.87. The Labute approximate surface area is 192 Å². The van der Waals surface area contributed by atoms with Gasteiger partial charge in [0, 0.05) is 44.5 Å². The van der Waals surface area contributed by atoms with Gasteiger partial charge in [0.1, 0.15) is 24.4 Å². The first kappa shape index (κ1) is 23.0. The summed E-state index contributed by atoms with van der Waals surface area (Å²) in [5.41, 5.74) is 1.12. The monoisotopic (exact) mass is 456 g/mol. The quantitative estimate of drug-likeness (QED) is 0.561. The van der Waals surface area contributed by atoms with Crippen molar-refractivity contribution in [2.45, 2.75) is 18.6 Å². The molecule has 3 atom stereocenters. The molecule has 0 saturated carbocycles. The number of carbonyl (C=O) groups is 2. The third-order valence-corrected chi connectivity index (χ3v) is 6.15. The van der Waals surface area contributed by atoms with Gasteiger partial charge in [-0.05, 0) is 30.7 Å². The Morgan fingerprint density at radius 1 is 1.09 bits per heavy atom. The van der Waals surface area contributed by atoms with Gasteiger partial charge in [0.15, 0.2) is 0 Å². The van der Waals surface area contributed by atoms with Crippen molar-refractivity contribution in [3.63, 3.8) is 0 Å². The van der Waals surface area contributed by atoms with Crippen molar-refractivity contribution in [1.29, 1.82) is 0 Å². The number of nitrogens with zero attached hydrogens (tertiary/aromatic N) is 2. The first-order valence-electron chi connectivity index (χ1n) is 11.2. The SMILES string of the molecule is O=C(NCO)[C@H]1C[C@H](Oc2cccc(F)c2)CN[C@@H]1C(=O)N1CCN(c2ccccc2)CC1. The highest BCUT2D eigenvalue weighted by Gasteiger charge is 2.42. The van der Waals surface area contributed by atoms with Crippen LogP contribution in [0.15, 0.2) is 54.6 Å². The van der Waals surface area contributed by atoms with Crippen molar-refractivity contribution in [1.82, 2.24) is 15.5 Å². The molecule has 0 aromatic heterocycles. The molecule has 2 aliphatic heterocycles. The molecule has 0 bridgehead atoms. The molecule has 176 valence electrons. The predicted molar refractivity (Wildman–Crippen MR) is 121 cm³/mol. The molecule has 2 saturated heterocycles. The standard InChI is InChI=1S/C24H29FN4O4/c25-17-5-4-8-19(13-17)33-20-14-21(23(31)27-16-30)22(26-15-20)24(32)29-11-9-28(10-12-29)18-6-2-1-3-7-18/h1-8,13,20-22,26,30H,9-12,14-16H2,(H,27,31)/t20-,21-,22-/m0/s1. The highest BCUT2D eigenvalue weighted by Crippen LogP contribution is 2.25. The molecule has 0 spiro atoms. The van der Waals surface area contributed by atoms with E-state index in [1.54, 1.807) is 17.0 Å². The molecule has 2 aromatic carbocycles. The molecule has 2 heterocycles. The summed E-state index contributed by atoms with van der Waals surface area (Å²) in [5.74, 6) is -1.31. The van der Waals surface area contributed by atoms with Crippen molar-refractivity contribution in [2.75, 3.05) is 44.4 Å². The minimum absolute atomic E-state index is 0.134. The molecular weight excluding hydrogens is 427 g/mol. The van der Waals surface area contributed by atoms with E-state index in [4.69, 9.17) is 4.74 Å². The molecule has 4 rings (SSSR count). The van der Waals surface area contributed by atoms with Gasteiger partial charge in [0.2, 0.25) is 11.8 Å². The minimum Gasteiger partial charge on any atom is -0.489 e. The number of ether oxygens (including phenoxy) is 1. The maximum absolute atomic E-state index is 13.5. The summed E-state index contributed by atoms with van der Waals surface area (Å²) in [6.45, 7) is 2.37. The van der Waals surface area contributed by atoms with E-state index in [1.165, 1.54) is 12.1 Å². The fourth-order valence-electron chi connectivity index (χ4n) is 4.47. The summed E-state index contributed by atoms with van der Waals surface area (Å²) in [6.07, 6.45) is -0.143. The number of hydrogen-bond acceptors (Lipinski definition) is 6. The second-order valence-corrected chi connectivity index (χ2v) is 8.27. The first-order chi connectivity index (χ1) is 16.0. The number of piperidine rings is 1. The molecule has 0 radical (unpaired) electrons. The molecule has 3 N–H and O–H groups in total. The number of para-hydroxylation sites is 1. The van der Waals surface area contributed by atoms with Crippen molar-refractivity contribution < 1.29 is 23.8 Å². The van der Waals surface area contributed by atoms with Gasteiger partial charge in [-0.3, -0.25) is 9.59 Å². The Bertz CT molecular complexity index is 952. The van der Waals surface area contributed by atoms with Crippen molar-refractivity contribution in [3.8, 4) is 5.75 Å². The van der Waals surface area contributed by atoms with Crippen molar-refractivity contribution in [3.05, 3.63) is 60.4 Å². The van der Waals surface area contributed by atoms with Crippen molar-refractivity contribution >= 4 is 17.5 Å². The van der Waals surface area contributed by atoms with E-state index in [0.29, 0.717) is 38.5 Å². The van der Waals surface area contributed by atoms with Crippen LogP contribution in [0.25, 0.3) is 0 Å². The van der Waals surface area contributed by atoms with Gasteiger partial charge in [-0.2, -0.15) is 0 Å². The van der Waals surface area contributed by atoms with E-state index >= 15 is 0 Å². The lowest BCUT2D eigenvalue weighted by molar-refractivity contribution is -0.142. The van der Waals surface area contributed by atoms with Crippen LogP contribution in [0.2, 0.25) is 0 Å². The van der Waals surface area contributed by atoms with E-state index in [2.05, 4.69) is 15.5 Å². The molecule has 2 amide bonds. The molecule has 2 aliphatic rings. The molecule has 0 unspecified atom stereocenters. The number of piperazine rings is 1. The number of aliphatic hydroxyl groups is 1. The van der Waals surface area contributed by atoms with E-state index in [-0.39, 0.29) is 12.3 Å². The average molecular weight is 457 g/mol. The molecular formula is C24H29FN4O4. The van der Waals surface area contributed by atoms with Gasteiger partial charge in [0.25, 0.3) is 0 Å². The van der Waals surface area contributed by atoms with Crippen LogP contribution in [0, 0.1) is 11.7 Å². The number of nitrogens with one attached hydrogen (secondary N) is 2. The van der Waals surface area contributed by atoms with Gasteiger partial charge in [0.05, 0.1) is 12.0 Å². The number of benzene rings is 2. The highest BCUT2D eigenvalue weighted by atomic mass is 19.1. The lowest BCUT2D eigenvalue weighted by Crippen LogP contribution is -2.62. The summed E-state index contributed by atoms with van der Waals surface area (Å²) < 4.78 is 19.3. The third kappa shape index (κ3) is 5.61. The Morgan fingerprint density at radius 2 is 1.85 bits per heavy atom. The summed E-state index contributed by atoms with van der Waals surface area (Å²) in [7, 11) is 0. The van der Waals surface area contributed by atoms with Gasteiger partial charge >= 0.3 is 0 Å². The Kier molecular flexibility index (Phi) is 7.41. The molecule has 9 heteroatoms. The average Bonchev–Trinajstić information content (AvgIpc) is 2.84. The van der Waals surface area contributed by atoms with Crippen LogP contribution in [0.5, 0.6) is 5.75 Å². The molecule has 33 heavy (non-hydrogen) atoms. The number of carbonyl (C=O) groups excluding carboxylic acids is 2. The normalized spacial score (nSPS) is 23.2. The third-order valence-electron chi connectivity index (χ3n) is 6.15. The fraction of sp³-hybridized carbons (Fsp3) is 0.417. The predicted octanol–water partition coefficient (Wildman–Crippen LogP) is 0.966. The van der Waals surface area contributed by atoms with Gasteiger partial charge < -0.3 is 30.3 Å². The van der Waals surface area contributed by atoms with Gasteiger partial charge in [-0.15, -0.1) is 0 Å². The maximum atomic E-state index is 13.5. The summed E-state index contributed by atoms with van der Waals surface area (Å²) in [5, 5.41) is 14.8. The van der Waals surface area contributed by atoms with E-state index in [0.717, 1.165) is 5.69 Å². The van der Waals surface area contributed by atoms with E-state index in [9.17, 15) is 19.1 Å². The largest absolute Gasteiger partial charge is 0.489 e. The summed E-state index contributed by atoms with van der Waals surface area (Å²) in [6, 6.07) is 15.2. The topological polar surface area (TPSA) is 94.1 Å². The maximum Gasteiger partial charge on any atom is 0.240 e. The second-order valence-electron chi connectivity index (χ2n) is 8.27. The first-order valence-corrected chi connectivity index (χ1v) is 11.2. The molecule has 2 fully saturated rings. The fourth-order valence-corrected chi connectivity index (χ4v) is 4.47. The molecule has 0 aliphatic carbocycles. The second kappa shape index (κ2) is 10.6. The van der Waals surface area contributed by atoms with Crippen LogP contribution in [-0.2, 0) is 9.59 Å². The van der Waals surface area contributed by atoms with Crippen LogP contribution in [0.1, 0.15) is 6.42 Å². The van der Waals surface area contributed by atoms with E-state index in [1.807, 2.05) is 30.3 Å². The number of aliphatic hydroxyl groups excluding tert-OH is 1. The van der Waals surface area contributed by atoms with E-state index < -0.39 is 36.5 Å².